The Balaban J connectivity index is 2.32. The van der Waals surface area contributed by atoms with E-state index in [1.54, 1.807) is 23.7 Å². The molecule has 0 unspecified atom stereocenters. The maximum Gasteiger partial charge on any atom is 0.163 e. The first kappa shape index (κ1) is 14.7. The summed E-state index contributed by atoms with van der Waals surface area (Å²) in [5.74, 6) is 0.772. The second-order valence-corrected chi connectivity index (χ2v) is 6.89. The third kappa shape index (κ3) is 3.26. The molecule has 0 saturated heterocycles. The molecule has 2 rings (SSSR count). The van der Waals surface area contributed by atoms with Crippen molar-refractivity contribution in [3.63, 3.8) is 0 Å². The summed E-state index contributed by atoms with van der Waals surface area (Å²) >= 11 is 5.83. The summed E-state index contributed by atoms with van der Waals surface area (Å²) in [6.45, 7) is 3.44. The number of aromatic nitrogens is 3. The van der Waals surface area contributed by atoms with E-state index in [-0.39, 0.29) is 11.5 Å². The van der Waals surface area contributed by atoms with Crippen LogP contribution in [0.5, 0.6) is 0 Å². The second-order valence-electron chi connectivity index (χ2n) is 4.35. The first-order valence-corrected chi connectivity index (χ1v) is 8.08. The van der Waals surface area contributed by atoms with Gasteiger partial charge in [0.25, 0.3) is 0 Å². The van der Waals surface area contributed by atoms with Gasteiger partial charge in [-0.25, -0.2) is 8.42 Å². The average molecular weight is 312 g/mol. The standard InChI is InChI=1S/C13H14ClN3O2S/c1-3-8-20(18,19)9-12-15-16-13(17(12)2)10-4-6-11(14)7-5-10/h3-7H,1,8-9H2,2H3. The van der Waals surface area contributed by atoms with Crippen molar-refractivity contribution in [2.24, 2.45) is 7.05 Å². The summed E-state index contributed by atoms with van der Waals surface area (Å²) in [4.78, 5) is 0. The molecule has 2 aromatic rings. The third-order valence-corrected chi connectivity index (χ3v) is 4.48. The molecule has 0 bridgehead atoms. The summed E-state index contributed by atoms with van der Waals surface area (Å²) in [5, 5.41) is 8.62. The summed E-state index contributed by atoms with van der Waals surface area (Å²) in [7, 11) is -1.51. The lowest BCUT2D eigenvalue weighted by atomic mass is 10.2. The number of rotatable bonds is 5. The number of hydrogen-bond donors (Lipinski definition) is 0. The highest BCUT2D eigenvalue weighted by atomic mass is 35.5. The van der Waals surface area contributed by atoms with Crippen LogP contribution < -0.4 is 0 Å². The highest BCUT2D eigenvalue weighted by molar-refractivity contribution is 7.90. The van der Waals surface area contributed by atoms with Gasteiger partial charge in [0.05, 0.1) is 5.75 Å². The van der Waals surface area contributed by atoms with Gasteiger partial charge in [-0.1, -0.05) is 17.7 Å². The Bertz CT molecular complexity index is 721. The van der Waals surface area contributed by atoms with Gasteiger partial charge in [-0.2, -0.15) is 0 Å². The van der Waals surface area contributed by atoms with E-state index in [1.807, 2.05) is 12.1 Å². The summed E-state index contributed by atoms with van der Waals surface area (Å²) in [6, 6.07) is 7.13. The van der Waals surface area contributed by atoms with Gasteiger partial charge in [0, 0.05) is 17.6 Å². The van der Waals surface area contributed by atoms with Gasteiger partial charge < -0.3 is 4.57 Å². The fraction of sp³-hybridized carbons (Fsp3) is 0.231. The zero-order valence-electron chi connectivity index (χ0n) is 11.0. The molecule has 20 heavy (non-hydrogen) atoms. The maximum atomic E-state index is 11.8. The Kier molecular flexibility index (Phi) is 4.25. The van der Waals surface area contributed by atoms with Crippen molar-refractivity contribution in [3.8, 4) is 11.4 Å². The van der Waals surface area contributed by atoms with Crippen LogP contribution in [-0.2, 0) is 22.6 Å². The van der Waals surface area contributed by atoms with Crippen LogP contribution in [0.1, 0.15) is 5.82 Å². The first-order chi connectivity index (χ1) is 9.43. The lowest BCUT2D eigenvalue weighted by Crippen LogP contribution is -2.11. The van der Waals surface area contributed by atoms with Crippen LogP contribution in [0, 0.1) is 0 Å². The van der Waals surface area contributed by atoms with E-state index < -0.39 is 9.84 Å². The van der Waals surface area contributed by atoms with Gasteiger partial charge in [0.15, 0.2) is 15.7 Å². The van der Waals surface area contributed by atoms with E-state index in [4.69, 9.17) is 11.6 Å². The SMILES string of the molecule is C=CCS(=O)(=O)Cc1nnc(-c2ccc(Cl)cc2)n1C. The van der Waals surface area contributed by atoms with Crippen molar-refractivity contribution in [2.75, 3.05) is 5.75 Å². The molecule has 0 aliphatic heterocycles. The van der Waals surface area contributed by atoms with E-state index in [9.17, 15) is 8.42 Å². The minimum absolute atomic E-state index is 0.0733. The van der Waals surface area contributed by atoms with Crippen LogP contribution in [0.4, 0.5) is 0 Å². The van der Waals surface area contributed by atoms with Crippen molar-refractivity contribution in [2.45, 2.75) is 5.75 Å². The molecule has 7 heteroatoms. The zero-order chi connectivity index (χ0) is 14.8. The molecule has 0 spiro atoms. The smallest absolute Gasteiger partial charge is 0.163 e. The topological polar surface area (TPSA) is 64.8 Å². The van der Waals surface area contributed by atoms with Crippen LogP contribution in [0.25, 0.3) is 11.4 Å². The van der Waals surface area contributed by atoms with Gasteiger partial charge in [-0.3, -0.25) is 0 Å². The molecule has 0 radical (unpaired) electrons. The van der Waals surface area contributed by atoms with Crippen molar-refractivity contribution in [1.29, 1.82) is 0 Å². The van der Waals surface area contributed by atoms with Gasteiger partial charge in [0.1, 0.15) is 11.6 Å². The van der Waals surface area contributed by atoms with E-state index in [0.717, 1.165) is 5.56 Å². The van der Waals surface area contributed by atoms with Crippen molar-refractivity contribution < 1.29 is 8.42 Å². The molecule has 0 atom stereocenters. The van der Waals surface area contributed by atoms with Gasteiger partial charge in [-0.05, 0) is 24.3 Å². The fourth-order valence-corrected chi connectivity index (χ4v) is 3.02. The molecule has 1 aromatic heterocycles. The lowest BCUT2D eigenvalue weighted by molar-refractivity contribution is 0.595. The molecule has 1 aromatic carbocycles. The Hall–Kier alpha value is -1.66. The predicted octanol–water partition coefficient (Wildman–Crippen LogP) is 2.24. The Morgan fingerprint density at radius 3 is 2.55 bits per heavy atom. The zero-order valence-corrected chi connectivity index (χ0v) is 12.5. The minimum Gasteiger partial charge on any atom is -0.313 e. The monoisotopic (exact) mass is 311 g/mol. The van der Waals surface area contributed by atoms with Gasteiger partial charge in [-0.15, -0.1) is 16.8 Å². The van der Waals surface area contributed by atoms with Crippen molar-refractivity contribution >= 4 is 21.4 Å². The molecule has 0 N–H and O–H groups in total. The first-order valence-electron chi connectivity index (χ1n) is 5.88. The predicted molar refractivity (Wildman–Crippen MR) is 79.1 cm³/mol. The Morgan fingerprint density at radius 2 is 1.95 bits per heavy atom. The van der Waals surface area contributed by atoms with Crippen LogP contribution >= 0.6 is 11.6 Å². The summed E-state index contributed by atoms with van der Waals surface area (Å²) in [6.07, 6.45) is 1.37. The molecule has 106 valence electrons. The van der Waals surface area contributed by atoms with Crippen LogP contribution in [0.15, 0.2) is 36.9 Å². The molecule has 0 saturated carbocycles. The maximum absolute atomic E-state index is 11.8. The quantitative estimate of drug-likeness (QED) is 0.794. The van der Waals surface area contributed by atoms with Gasteiger partial charge >= 0.3 is 0 Å². The van der Waals surface area contributed by atoms with Crippen molar-refractivity contribution in [1.82, 2.24) is 14.8 Å². The van der Waals surface area contributed by atoms with E-state index >= 15 is 0 Å². The number of benzene rings is 1. The lowest BCUT2D eigenvalue weighted by Gasteiger charge is -2.04. The number of sulfone groups is 1. The number of nitrogens with zero attached hydrogens (tertiary/aromatic N) is 3. The highest BCUT2D eigenvalue weighted by Gasteiger charge is 2.17. The van der Waals surface area contributed by atoms with Crippen LogP contribution in [0.2, 0.25) is 5.02 Å². The fourth-order valence-electron chi connectivity index (χ4n) is 1.77. The molecular weight excluding hydrogens is 298 g/mol. The molecule has 0 aliphatic rings. The average Bonchev–Trinajstić information content (AvgIpc) is 2.72. The molecule has 5 nitrogen and oxygen atoms in total. The normalized spacial score (nSPS) is 11.5. The molecule has 0 amide bonds. The molecule has 0 fully saturated rings. The van der Waals surface area contributed by atoms with E-state index in [2.05, 4.69) is 16.8 Å². The Labute approximate surface area is 122 Å². The third-order valence-electron chi connectivity index (χ3n) is 2.79. The minimum atomic E-state index is -3.25. The second kappa shape index (κ2) is 5.76. The Morgan fingerprint density at radius 1 is 1.30 bits per heavy atom. The summed E-state index contributed by atoms with van der Waals surface area (Å²) < 4.78 is 25.2. The largest absolute Gasteiger partial charge is 0.313 e. The molecule has 0 aliphatic carbocycles. The van der Waals surface area contributed by atoms with Crippen LogP contribution in [0.3, 0.4) is 0 Å². The van der Waals surface area contributed by atoms with E-state index in [1.165, 1.54) is 6.08 Å². The highest BCUT2D eigenvalue weighted by Crippen LogP contribution is 2.20. The van der Waals surface area contributed by atoms with Crippen LogP contribution in [-0.4, -0.2) is 28.9 Å². The number of halogens is 1. The molecular formula is C13H14ClN3O2S. The summed E-state index contributed by atoms with van der Waals surface area (Å²) in [5.41, 5.74) is 0.830. The van der Waals surface area contributed by atoms with Gasteiger partial charge in [0.2, 0.25) is 0 Å². The van der Waals surface area contributed by atoms with E-state index in [0.29, 0.717) is 16.7 Å². The number of hydrogen-bond acceptors (Lipinski definition) is 4. The van der Waals surface area contributed by atoms with Crippen molar-refractivity contribution in [3.05, 3.63) is 47.8 Å². The molecule has 1 heterocycles.